The predicted octanol–water partition coefficient (Wildman–Crippen LogP) is 2.87. The fourth-order valence-electron chi connectivity index (χ4n) is 2.59. The molecule has 124 valence electrons. The Morgan fingerprint density at radius 1 is 1.04 bits per heavy atom. The van der Waals surface area contributed by atoms with Crippen molar-refractivity contribution in [2.45, 2.75) is 12.8 Å². The first kappa shape index (κ1) is 16.4. The smallest absolute Gasteiger partial charge is 0.317 e. The molecule has 2 aliphatic rings. The lowest BCUT2D eigenvalue weighted by molar-refractivity contribution is 0.0665. The van der Waals surface area contributed by atoms with E-state index in [9.17, 15) is 9.59 Å². The molecule has 1 heterocycles. The Labute approximate surface area is 145 Å². The lowest BCUT2D eigenvalue weighted by atomic mass is 10.2. The molecule has 3 amide bonds. The average Bonchev–Trinajstić information content (AvgIpc) is 3.39. The number of carbonyl (C=O) groups is 2. The summed E-state index contributed by atoms with van der Waals surface area (Å²) in [6.45, 7) is 2.90. The van der Waals surface area contributed by atoms with Crippen LogP contribution in [0.4, 0.5) is 4.79 Å². The Hall–Kier alpha value is -1.46. The monoisotopic (exact) mass is 355 g/mol. The molecule has 23 heavy (non-hydrogen) atoms. The van der Waals surface area contributed by atoms with E-state index in [1.54, 1.807) is 28.0 Å². The minimum absolute atomic E-state index is 0.0291. The quantitative estimate of drug-likeness (QED) is 0.906. The topological polar surface area (TPSA) is 52.7 Å². The molecule has 0 atom stereocenters. The second-order valence-corrected chi connectivity index (χ2v) is 6.85. The van der Waals surface area contributed by atoms with Crippen molar-refractivity contribution >= 4 is 35.1 Å². The third kappa shape index (κ3) is 4.09. The summed E-state index contributed by atoms with van der Waals surface area (Å²) in [4.78, 5) is 28.0. The molecule has 5 nitrogen and oxygen atoms in total. The first-order valence-corrected chi connectivity index (χ1v) is 8.57. The fourth-order valence-corrected chi connectivity index (χ4v) is 2.89. The number of carbonyl (C=O) groups excluding carboxylic acids is 2. The number of piperazine rings is 1. The summed E-state index contributed by atoms with van der Waals surface area (Å²) in [7, 11) is 0. The molecule has 0 unspecified atom stereocenters. The first-order chi connectivity index (χ1) is 11.0. The number of rotatable bonds is 3. The van der Waals surface area contributed by atoms with Gasteiger partial charge in [-0.05, 0) is 37.0 Å². The van der Waals surface area contributed by atoms with Gasteiger partial charge in [-0.2, -0.15) is 0 Å². The SMILES string of the molecule is O=C(NCC1CC1)N1CCN(C(=O)c2ccc(Cl)c(Cl)c2)CC1. The van der Waals surface area contributed by atoms with Gasteiger partial charge in [0.15, 0.2) is 0 Å². The highest BCUT2D eigenvalue weighted by molar-refractivity contribution is 6.42. The van der Waals surface area contributed by atoms with Gasteiger partial charge < -0.3 is 15.1 Å². The number of benzene rings is 1. The molecule has 1 aliphatic heterocycles. The van der Waals surface area contributed by atoms with Gasteiger partial charge in [0.1, 0.15) is 0 Å². The molecule has 1 saturated heterocycles. The molecule has 0 bridgehead atoms. The molecule has 1 aromatic rings. The summed E-state index contributed by atoms with van der Waals surface area (Å²) < 4.78 is 0. The molecule has 1 aromatic carbocycles. The van der Waals surface area contributed by atoms with Crippen LogP contribution in [0.15, 0.2) is 18.2 Å². The van der Waals surface area contributed by atoms with Crippen LogP contribution in [0.3, 0.4) is 0 Å². The number of nitrogens with zero attached hydrogens (tertiary/aromatic N) is 2. The van der Waals surface area contributed by atoms with Crippen molar-refractivity contribution in [1.82, 2.24) is 15.1 Å². The molecule has 0 spiro atoms. The Bertz CT molecular complexity index is 611. The van der Waals surface area contributed by atoms with Crippen LogP contribution in [-0.4, -0.2) is 54.5 Å². The molecular weight excluding hydrogens is 337 g/mol. The molecular formula is C16H19Cl2N3O2. The molecule has 7 heteroatoms. The molecule has 0 radical (unpaired) electrons. The van der Waals surface area contributed by atoms with Crippen LogP contribution in [0.2, 0.25) is 10.0 Å². The fraction of sp³-hybridized carbons (Fsp3) is 0.500. The molecule has 1 aliphatic carbocycles. The number of hydrogen-bond acceptors (Lipinski definition) is 2. The average molecular weight is 356 g/mol. The van der Waals surface area contributed by atoms with Crippen molar-refractivity contribution in [3.8, 4) is 0 Å². The minimum Gasteiger partial charge on any atom is -0.338 e. The lowest BCUT2D eigenvalue weighted by Gasteiger charge is -2.34. The van der Waals surface area contributed by atoms with Crippen molar-refractivity contribution in [3.05, 3.63) is 33.8 Å². The highest BCUT2D eigenvalue weighted by Gasteiger charge is 2.27. The number of hydrogen-bond donors (Lipinski definition) is 1. The van der Waals surface area contributed by atoms with Crippen molar-refractivity contribution in [2.75, 3.05) is 32.7 Å². The second kappa shape index (κ2) is 6.97. The van der Waals surface area contributed by atoms with E-state index in [2.05, 4.69) is 5.32 Å². The van der Waals surface area contributed by atoms with E-state index in [4.69, 9.17) is 23.2 Å². The van der Waals surface area contributed by atoms with Crippen LogP contribution in [0.1, 0.15) is 23.2 Å². The maximum absolute atomic E-state index is 12.5. The Morgan fingerprint density at radius 2 is 1.70 bits per heavy atom. The third-order valence-electron chi connectivity index (χ3n) is 4.26. The Kier molecular flexibility index (Phi) is 4.97. The zero-order valence-corrected chi connectivity index (χ0v) is 14.2. The van der Waals surface area contributed by atoms with E-state index in [0.29, 0.717) is 47.7 Å². The summed E-state index contributed by atoms with van der Waals surface area (Å²) in [6.07, 6.45) is 2.43. The highest BCUT2D eigenvalue weighted by Crippen LogP contribution is 2.27. The molecule has 2 fully saturated rings. The van der Waals surface area contributed by atoms with E-state index in [1.165, 1.54) is 12.8 Å². The van der Waals surface area contributed by atoms with E-state index in [0.717, 1.165) is 6.54 Å². The zero-order chi connectivity index (χ0) is 16.4. The summed E-state index contributed by atoms with van der Waals surface area (Å²) in [5.41, 5.74) is 0.519. The van der Waals surface area contributed by atoms with Crippen molar-refractivity contribution in [1.29, 1.82) is 0 Å². The van der Waals surface area contributed by atoms with Crippen molar-refractivity contribution in [2.24, 2.45) is 5.92 Å². The summed E-state index contributed by atoms with van der Waals surface area (Å²) >= 11 is 11.8. The largest absolute Gasteiger partial charge is 0.338 e. The standard InChI is InChI=1S/C16H19Cl2N3O2/c17-13-4-3-12(9-14(13)18)15(22)20-5-7-21(8-6-20)16(23)19-10-11-1-2-11/h3-4,9,11H,1-2,5-8,10H2,(H,19,23). The molecule has 0 aromatic heterocycles. The van der Waals surface area contributed by atoms with Gasteiger partial charge in [0.2, 0.25) is 0 Å². The van der Waals surface area contributed by atoms with Gasteiger partial charge in [-0.15, -0.1) is 0 Å². The van der Waals surface area contributed by atoms with Crippen LogP contribution in [0.5, 0.6) is 0 Å². The van der Waals surface area contributed by atoms with Crippen LogP contribution >= 0.6 is 23.2 Å². The van der Waals surface area contributed by atoms with Gasteiger partial charge in [0.25, 0.3) is 5.91 Å². The number of urea groups is 1. The first-order valence-electron chi connectivity index (χ1n) is 7.81. The van der Waals surface area contributed by atoms with E-state index in [1.807, 2.05) is 0 Å². The number of halogens is 2. The van der Waals surface area contributed by atoms with E-state index < -0.39 is 0 Å². The normalized spacial score (nSPS) is 18.0. The Balaban J connectivity index is 1.52. The molecule has 1 N–H and O–H groups in total. The third-order valence-corrected chi connectivity index (χ3v) is 5.00. The van der Waals surface area contributed by atoms with Crippen LogP contribution < -0.4 is 5.32 Å². The summed E-state index contributed by atoms with van der Waals surface area (Å²) in [5.74, 6) is 0.582. The maximum Gasteiger partial charge on any atom is 0.317 e. The number of amides is 3. The Morgan fingerprint density at radius 3 is 2.30 bits per heavy atom. The van der Waals surface area contributed by atoms with Gasteiger partial charge in [0, 0.05) is 38.3 Å². The number of nitrogens with one attached hydrogen (secondary N) is 1. The van der Waals surface area contributed by atoms with E-state index >= 15 is 0 Å². The zero-order valence-electron chi connectivity index (χ0n) is 12.7. The lowest BCUT2D eigenvalue weighted by Crippen LogP contribution is -2.53. The maximum atomic E-state index is 12.5. The van der Waals surface area contributed by atoms with Gasteiger partial charge in [-0.1, -0.05) is 23.2 Å². The minimum atomic E-state index is -0.0818. The van der Waals surface area contributed by atoms with Gasteiger partial charge in [0.05, 0.1) is 10.0 Å². The van der Waals surface area contributed by atoms with E-state index in [-0.39, 0.29) is 11.9 Å². The molecule has 1 saturated carbocycles. The van der Waals surface area contributed by atoms with Gasteiger partial charge in [-0.3, -0.25) is 4.79 Å². The predicted molar refractivity (Wildman–Crippen MR) is 90.1 cm³/mol. The summed E-state index contributed by atoms with van der Waals surface area (Å²) in [5, 5.41) is 3.76. The van der Waals surface area contributed by atoms with Crippen LogP contribution in [0, 0.1) is 5.92 Å². The highest BCUT2D eigenvalue weighted by atomic mass is 35.5. The van der Waals surface area contributed by atoms with Gasteiger partial charge in [-0.25, -0.2) is 4.79 Å². The molecule has 3 rings (SSSR count). The van der Waals surface area contributed by atoms with Gasteiger partial charge >= 0.3 is 6.03 Å². The summed E-state index contributed by atoms with van der Waals surface area (Å²) in [6, 6.07) is 4.85. The van der Waals surface area contributed by atoms with Crippen LogP contribution in [-0.2, 0) is 0 Å². The van der Waals surface area contributed by atoms with Crippen LogP contribution in [0.25, 0.3) is 0 Å². The van der Waals surface area contributed by atoms with Crippen molar-refractivity contribution in [3.63, 3.8) is 0 Å². The van der Waals surface area contributed by atoms with Crippen molar-refractivity contribution < 1.29 is 9.59 Å². The second-order valence-electron chi connectivity index (χ2n) is 6.04.